The van der Waals surface area contributed by atoms with Crippen molar-refractivity contribution in [1.29, 1.82) is 0 Å². The fraction of sp³-hybridized carbons (Fsp3) is 0.600. The van der Waals surface area contributed by atoms with Crippen LogP contribution in [0.1, 0.15) is 12.8 Å². The van der Waals surface area contributed by atoms with Gasteiger partial charge in [0, 0.05) is 24.9 Å². The third-order valence-electron chi connectivity index (χ3n) is 2.44. The molecule has 0 aliphatic carbocycles. The lowest BCUT2D eigenvalue weighted by molar-refractivity contribution is 0.205. The van der Waals surface area contributed by atoms with Crippen LogP contribution in [0.5, 0.6) is 6.01 Å². The summed E-state index contributed by atoms with van der Waals surface area (Å²) in [5.74, 6) is 0.589. The highest BCUT2D eigenvalue weighted by Crippen LogP contribution is 2.12. The number of hydrogen-bond donors (Lipinski definition) is 1. The fourth-order valence-corrected chi connectivity index (χ4v) is 1.84. The number of rotatable bonds is 3. The normalized spacial score (nSPS) is 21.3. The summed E-state index contributed by atoms with van der Waals surface area (Å²) in [6.45, 7) is 2.87. The Balaban J connectivity index is 1.79. The van der Waals surface area contributed by atoms with E-state index in [1.54, 1.807) is 12.4 Å². The molecule has 4 nitrogen and oxygen atoms in total. The van der Waals surface area contributed by atoms with Crippen LogP contribution in [-0.2, 0) is 0 Å². The summed E-state index contributed by atoms with van der Waals surface area (Å²) in [7, 11) is 0. The van der Waals surface area contributed by atoms with Crippen molar-refractivity contribution >= 4 is 15.9 Å². The highest BCUT2D eigenvalue weighted by molar-refractivity contribution is 9.10. The van der Waals surface area contributed by atoms with E-state index in [4.69, 9.17) is 4.74 Å². The summed E-state index contributed by atoms with van der Waals surface area (Å²) in [6, 6.07) is 0.462. The van der Waals surface area contributed by atoms with E-state index in [0.29, 0.717) is 18.5 Å². The van der Waals surface area contributed by atoms with Crippen LogP contribution in [0.3, 0.4) is 0 Å². The van der Waals surface area contributed by atoms with Crippen molar-refractivity contribution in [3.8, 4) is 6.01 Å². The number of halogens is 1. The molecule has 5 heteroatoms. The molecule has 0 radical (unpaired) electrons. The number of hydrogen-bond acceptors (Lipinski definition) is 4. The second-order valence-corrected chi connectivity index (χ2v) is 4.62. The van der Waals surface area contributed by atoms with Gasteiger partial charge in [-0.2, -0.15) is 0 Å². The van der Waals surface area contributed by atoms with Crippen LogP contribution in [0.4, 0.5) is 0 Å². The quantitative estimate of drug-likeness (QED) is 0.908. The first-order valence-electron chi connectivity index (χ1n) is 5.15. The highest BCUT2D eigenvalue weighted by Gasteiger charge is 2.13. The van der Waals surface area contributed by atoms with Crippen LogP contribution in [0.2, 0.25) is 0 Å². The minimum absolute atomic E-state index is 0.462. The van der Waals surface area contributed by atoms with Gasteiger partial charge in [0.1, 0.15) is 0 Å². The SMILES string of the molecule is Brc1cnc(OCC2CCCNC2)nc1. The van der Waals surface area contributed by atoms with Crippen LogP contribution in [0, 0.1) is 5.92 Å². The molecule has 82 valence electrons. The minimum atomic E-state index is 0.462. The molecule has 1 saturated heterocycles. The number of ether oxygens (including phenoxy) is 1. The van der Waals surface area contributed by atoms with E-state index >= 15 is 0 Å². The topological polar surface area (TPSA) is 47.0 Å². The van der Waals surface area contributed by atoms with Crippen molar-refractivity contribution in [1.82, 2.24) is 15.3 Å². The average Bonchev–Trinajstić information content (AvgIpc) is 2.30. The van der Waals surface area contributed by atoms with Crippen molar-refractivity contribution in [3.63, 3.8) is 0 Å². The lowest BCUT2D eigenvalue weighted by Gasteiger charge is -2.22. The van der Waals surface area contributed by atoms with Gasteiger partial charge in [0.15, 0.2) is 0 Å². The predicted molar refractivity (Wildman–Crippen MR) is 60.8 cm³/mol. The Labute approximate surface area is 97.6 Å². The molecule has 2 rings (SSSR count). The van der Waals surface area contributed by atoms with E-state index in [2.05, 4.69) is 31.2 Å². The summed E-state index contributed by atoms with van der Waals surface area (Å²) in [5, 5.41) is 3.35. The molecule has 1 aromatic heterocycles. The molecule has 0 spiro atoms. The first kappa shape index (κ1) is 10.8. The van der Waals surface area contributed by atoms with Gasteiger partial charge in [0.25, 0.3) is 0 Å². The Hall–Kier alpha value is -0.680. The minimum Gasteiger partial charge on any atom is -0.463 e. The molecule has 15 heavy (non-hydrogen) atoms. The van der Waals surface area contributed by atoms with E-state index in [1.807, 2.05) is 0 Å². The van der Waals surface area contributed by atoms with Gasteiger partial charge in [-0.1, -0.05) is 0 Å². The van der Waals surface area contributed by atoms with Gasteiger partial charge in [-0.05, 0) is 35.3 Å². The van der Waals surface area contributed by atoms with Crippen molar-refractivity contribution in [3.05, 3.63) is 16.9 Å². The Kier molecular flexibility index (Phi) is 3.91. The summed E-state index contributed by atoms with van der Waals surface area (Å²) < 4.78 is 6.39. The molecule has 1 aliphatic rings. The van der Waals surface area contributed by atoms with Gasteiger partial charge in [0.2, 0.25) is 0 Å². The molecule has 0 aromatic carbocycles. The van der Waals surface area contributed by atoms with Crippen molar-refractivity contribution < 1.29 is 4.74 Å². The summed E-state index contributed by atoms with van der Waals surface area (Å²) in [5.41, 5.74) is 0. The maximum atomic E-state index is 5.52. The lowest BCUT2D eigenvalue weighted by Crippen LogP contribution is -2.33. The van der Waals surface area contributed by atoms with E-state index in [-0.39, 0.29) is 0 Å². The van der Waals surface area contributed by atoms with Crippen molar-refractivity contribution in [2.75, 3.05) is 19.7 Å². The zero-order valence-corrected chi connectivity index (χ0v) is 10.0. The molecule has 1 atom stereocenters. The molecule has 0 saturated carbocycles. The zero-order valence-electron chi connectivity index (χ0n) is 8.45. The Bertz CT molecular complexity index is 298. The second kappa shape index (κ2) is 5.42. The third kappa shape index (κ3) is 3.43. The average molecular weight is 272 g/mol. The molecular formula is C10H14BrN3O. The standard InChI is InChI=1S/C10H14BrN3O/c11-9-5-13-10(14-6-9)15-7-8-2-1-3-12-4-8/h5-6,8,12H,1-4,7H2. The fourth-order valence-electron chi connectivity index (χ4n) is 1.63. The first-order valence-corrected chi connectivity index (χ1v) is 5.95. The van der Waals surface area contributed by atoms with E-state index < -0.39 is 0 Å². The summed E-state index contributed by atoms with van der Waals surface area (Å²) in [4.78, 5) is 8.12. The predicted octanol–water partition coefficient (Wildman–Crippen LogP) is 1.62. The Morgan fingerprint density at radius 3 is 2.93 bits per heavy atom. The molecular weight excluding hydrogens is 258 g/mol. The van der Waals surface area contributed by atoms with Crippen LogP contribution in [0.15, 0.2) is 16.9 Å². The van der Waals surface area contributed by atoms with Crippen molar-refractivity contribution in [2.24, 2.45) is 5.92 Å². The maximum absolute atomic E-state index is 5.52. The Morgan fingerprint density at radius 2 is 2.27 bits per heavy atom. The van der Waals surface area contributed by atoms with E-state index in [0.717, 1.165) is 17.6 Å². The number of nitrogens with one attached hydrogen (secondary N) is 1. The number of aromatic nitrogens is 2. The third-order valence-corrected chi connectivity index (χ3v) is 2.85. The van der Waals surface area contributed by atoms with Gasteiger partial charge in [0.05, 0.1) is 11.1 Å². The molecule has 0 bridgehead atoms. The van der Waals surface area contributed by atoms with Crippen LogP contribution in [-0.4, -0.2) is 29.7 Å². The largest absolute Gasteiger partial charge is 0.463 e. The lowest BCUT2D eigenvalue weighted by atomic mass is 10.0. The number of piperidine rings is 1. The molecule has 1 aromatic rings. The molecule has 1 unspecified atom stereocenters. The Morgan fingerprint density at radius 1 is 1.47 bits per heavy atom. The van der Waals surface area contributed by atoms with Crippen LogP contribution >= 0.6 is 15.9 Å². The number of nitrogens with zero attached hydrogens (tertiary/aromatic N) is 2. The van der Waals surface area contributed by atoms with Crippen molar-refractivity contribution in [2.45, 2.75) is 12.8 Å². The molecule has 2 heterocycles. The zero-order chi connectivity index (χ0) is 10.5. The second-order valence-electron chi connectivity index (χ2n) is 3.71. The van der Waals surface area contributed by atoms with Gasteiger partial charge in [-0.3, -0.25) is 0 Å². The summed E-state index contributed by atoms with van der Waals surface area (Å²) in [6.07, 6.45) is 5.85. The highest BCUT2D eigenvalue weighted by atomic mass is 79.9. The smallest absolute Gasteiger partial charge is 0.316 e. The van der Waals surface area contributed by atoms with Crippen LogP contribution < -0.4 is 10.1 Å². The first-order chi connectivity index (χ1) is 7.34. The van der Waals surface area contributed by atoms with Crippen LogP contribution in [0.25, 0.3) is 0 Å². The molecule has 0 amide bonds. The van der Waals surface area contributed by atoms with E-state index in [9.17, 15) is 0 Å². The maximum Gasteiger partial charge on any atom is 0.316 e. The molecule has 1 aliphatic heterocycles. The van der Waals surface area contributed by atoms with Gasteiger partial charge >= 0.3 is 6.01 Å². The molecule has 1 fully saturated rings. The van der Waals surface area contributed by atoms with Gasteiger partial charge < -0.3 is 10.1 Å². The summed E-state index contributed by atoms with van der Waals surface area (Å²) >= 11 is 3.28. The van der Waals surface area contributed by atoms with E-state index in [1.165, 1.54) is 12.8 Å². The molecule has 1 N–H and O–H groups in total. The van der Waals surface area contributed by atoms with Gasteiger partial charge in [-0.15, -0.1) is 0 Å². The monoisotopic (exact) mass is 271 g/mol. The van der Waals surface area contributed by atoms with Gasteiger partial charge in [-0.25, -0.2) is 9.97 Å².